The van der Waals surface area contributed by atoms with E-state index < -0.39 is 6.04 Å². The maximum absolute atomic E-state index is 13.8. The van der Waals surface area contributed by atoms with E-state index >= 15 is 0 Å². The number of benzene rings is 1. The molecule has 6 heteroatoms. The molecule has 1 unspecified atom stereocenters. The molecule has 0 aromatic heterocycles. The average molecular weight is 475 g/mol. The van der Waals surface area contributed by atoms with Gasteiger partial charge in [0.1, 0.15) is 6.04 Å². The largest absolute Gasteiger partial charge is 0.327 e. The number of anilines is 1. The van der Waals surface area contributed by atoms with Crippen LogP contribution in [0.25, 0.3) is 0 Å². The second kappa shape index (κ2) is 7.47. The van der Waals surface area contributed by atoms with Crippen LogP contribution in [0.4, 0.5) is 5.69 Å². The van der Waals surface area contributed by atoms with Crippen molar-refractivity contribution in [2.75, 3.05) is 4.90 Å². The van der Waals surface area contributed by atoms with Gasteiger partial charge in [-0.1, -0.05) is 62.9 Å². The molecule has 0 N–H and O–H groups in total. The monoisotopic (exact) mass is 474 g/mol. The molecule has 3 aliphatic rings. The highest BCUT2D eigenvalue weighted by molar-refractivity contribution is 9.10. The summed E-state index contributed by atoms with van der Waals surface area (Å²) in [5, 5.41) is 0. The summed E-state index contributed by atoms with van der Waals surface area (Å²) >= 11 is 3.39. The molecule has 1 aliphatic heterocycles. The van der Waals surface area contributed by atoms with Gasteiger partial charge in [-0.25, -0.2) is 4.90 Å². The summed E-state index contributed by atoms with van der Waals surface area (Å²) in [6.45, 7) is 8.52. The Bertz CT molecular complexity index is 857. The number of carbonyl (C=O) groups excluding carboxylic acids is 3. The highest BCUT2D eigenvalue weighted by atomic mass is 79.9. The molecule has 4 rings (SSSR count). The molecule has 0 bridgehead atoms. The maximum atomic E-state index is 13.8. The quantitative estimate of drug-likeness (QED) is 0.581. The van der Waals surface area contributed by atoms with E-state index in [0.717, 1.165) is 30.2 Å². The predicted molar refractivity (Wildman–Crippen MR) is 120 cm³/mol. The lowest BCUT2D eigenvalue weighted by Gasteiger charge is -2.38. The van der Waals surface area contributed by atoms with E-state index in [0.29, 0.717) is 5.69 Å². The molecule has 1 aromatic rings. The van der Waals surface area contributed by atoms with E-state index in [1.54, 1.807) is 12.1 Å². The van der Waals surface area contributed by atoms with Crippen molar-refractivity contribution in [3.8, 4) is 0 Å². The number of halogens is 1. The van der Waals surface area contributed by atoms with Crippen LogP contribution in [-0.4, -0.2) is 34.7 Å². The molecule has 0 radical (unpaired) electrons. The Morgan fingerprint density at radius 2 is 1.57 bits per heavy atom. The summed E-state index contributed by atoms with van der Waals surface area (Å²) in [6.07, 6.45) is 5.20. The first-order valence-corrected chi connectivity index (χ1v) is 11.8. The van der Waals surface area contributed by atoms with Gasteiger partial charge in [0, 0.05) is 16.4 Å². The molecule has 1 atom stereocenters. The molecule has 1 heterocycles. The molecular weight excluding hydrogens is 444 g/mol. The fourth-order valence-electron chi connectivity index (χ4n) is 5.60. The van der Waals surface area contributed by atoms with Crippen molar-refractivity contribution in [3.63, 3.8) is 0 Å². The number of amides is 3. The molecule has 2 saturated carbocycles. The maximum Gasteiger partial charge on any atom is 0.257 e. The third kappa shape index (κ3) is 3.31. The minimum absolute atomic E-state index is 0.0464. The first-order chi connectivity index (χ1) is 14.1. The van der Waals surface area contributed by atoms with E-state index in [9.17, 15) is 14.4 Å². The summed E-state index contributed by atoms with van der Waals surface area (Å²) < 4.78 is 0.888. The van der Waals surface area contributed by atoms with E-state index in [1.165, 1.54) is 11.3 Å². The minimum Gasteiger partial charge on any atom is -0.327 e. The molecule has 30 heavy (non-hydrogen) atoms. The van der Waals surface area contributed by atoms with Crippen LogP contribution >= 0.6 is 15.9 Å². The Hall–Kier alpha value is -1.69. The number of nitrogens with zero attached hydrogens (tertiary/aromatic N) is 2. The summed E-state index contributed by atoms with van der Waals surface area (Å²) in [5.41, 5.74) is 0.362. The lowest BCUT2D eigenvalue weighted by atomic mass is 9.92. The van der Waals surface area contributed by atoms with Crippen LogP contribution in [-0.2, 0) is 14.4 Å². The first-order valence-electron chi connectivity index (χ1n) is 11.0. The van der Waals surface area contributed by atoms with Gasteiger partial charge in [0.05, 0.1) is 12.1 Å². The van der Waals surface area contributed by atoms with Gasteiger partial charge in [-0.05, 0) is 47.9 Å². The number of hydrogen-bond donors (Lipinski definition) is 0. The molecule has 2 aliphatic carbocycles. The molecule has 3 amide bonds. The van der Waals surface area contributed by atoms with Crippen LogP contribution in [0.1, 0.15) is 66.2 Å². The van der Waals surface area contributed by atoms with Crippen molar-refractivity contribution in [3.05, 3.63) is 28.7 Å². The van der Waals surface area contributed by atoms with Crippen LogP contribution in [0.3, 0.4) is 0 Å². The number of imide groups is 1. The second-order valence-corrected chi connectivity index (χ2v) is 11.1. The topological polar surface area (TPSA) is 57.7 Å². The van der Waals surface area contributed by atoms with Gasteiger partial charge in [0.2, 0.25) is 11.8 Å². The van der Waals surface area contributed by atoms with Crippen LogP contribution in [0, 0.1) is 16.7 Å². The summed E-state index contributed by atoms with van der Waals surface area (Å²) in [4.78, 5) is 43.2. The van der Waals surface area contributed by atoms with Crippen LogP contribution in [0.5, 0.6) is 0 Å². The Morgan fingerprint density at radius 3 is 2.10 bits per heavy atom. The fourth-order valence-corrected chi connectivity index (χ4v) is 5.87. The Balaban J connectivity index is 1.66. The van der Waals surface area contributed by atoms with Gasteiger partial charge in [-0.2, -0.15) is 0 Å². The van der Waals surface area contributed by atoms with Crippen molar-refractivity contribution in [1.29, 1.82) is 0 Å². The minimum atomic E-state index is -0.691. The molecule has 162 valence electrons. The third-order valence-corrected chi connectivity index (χ3v) is 8.56. The van der Waals surface area contributed by atoms with Gasteiger partial charge in [-0.15, -0.1) is 0 Å². The highest BCUT2D eigenvalue weighted by Gasteiger charge is 2.69. The standard InChI is InChI=1S/C24H31BrN2O3/c1-23(2)20(24(23,3)4)22(30)26(16-8-6-5-7-9-16)18-14-19(28)27(21(18)29)17-12-10-15(25)11-13-17/h10-13,16,18,20H,5-9,14H2,1-4H3. The van der Waals surface area contributed by atoms with Crippen LogP contribution < -0.4 is 4.90 Å². The smallest absolute Gasteiger partial charge is 0.257 e. The summed E-state index contributed by atoms with van der Waals surface area (Å²) in [5.74, 6) is -0.551. The van der Waals surface area contributed by atoms with Crippen molar-refractivity contribution in [2.45, 2.75) is 78.3 Å². The zero-order chi connectivity index (χ0) is 21.8. The van der Waals surface area contributed by atoms with Gasteiger partial charge < -0.3 is 4.90 Å². The lowest BCUT2D eigenvalue weighted by molar-refractivity contribution is -0.144. The van der Waals surface area contributed by atoms with Crippen molar-refractivity contribution < 1.29 is 14.4 Å². The van der Waals surface area contributed by atoms with Gasteiger partial charge in [0.15, 0.2) is 0 Å². The molecule has 0 spiro atoms. The summed E-state index contributed by atoms with van der Waals surface area (Å²) in [7, 11) is 0. The Kier molecular flexibility index (Phi) is 5.36. The molecular formula is C24H31BrN2O3. The molecule has 5 nitrogen and oxygen atoms in total. The third-order valence-electron chi connectivity index (χ3n) is 8.03. The molecule has 3 fully saturated rings. The SMILES string of the molecule is CC1(C)C(C(=O)N(C2CCCCC2)C2CC(=O)N(c3ccc(Br)cc3)C2=O)C1(C)C. The van der Waals surface area contributed by atoms with E-state index in [4.69, 9.17) is 0 Å². The van der Waals surface area contributed by atoms with Crippen LogP contribution in [0.15, 0.2) is 28.7 Å². The van der Waals surface area contributed by atoms with E-state index in [-0.39, 0.29) is 46.9 Å². The van der Waals surface area contributed by atoms with E-state index in [2.05, 4.69) is 43.6 Å². The summed E-state index contributed by atoms with van der Waals surface area (Å²) in [6, 6.07) is 6.53. The van der Waals surface area contributed by atoms with Gasteiger partial charge in [0.25, 0.3) is 5.91 Å². The van der Waals surface area contributed by atoms with Crippen molar-refractivity contribution in [1.82, 2.24) is 4.90 Å². The normalized spacial score (nSPS) is 26.2. The Morgan fingerprint density at radius 1 is 1.00 bits per heavy atom. The fraction of sp³-hybridized carbons (Fsp3) is 0.625. The van der Waals surface area contributed by atoms with Crippen molar-refractivity contribution in [2.24, 2.45) is 16.7 Å². The van der Waals surface area contributed by atoms with Crippen molar-refractivity contribution >= 4 is 39.3 Å². The predicted octanol–water partition coefficient (Wildman–Crippen LogP) is 4.92. The van der Waals surface area contributed by atoms with E-state index in [1.807, 2.05) is 17.0 Å². The zero-order valence-corrected chi connectivity index (χ0v) is 19.9. The molecule has 1 aromatic carbocycles. The Labute approximate surface area is 187 Å². The number of hydrogen-bond acceptors (Lipinski definition) is 3. The number of carbonyl (C=O) groups is 3. The number of rotatable bonds is 4. The van der Waals surface area contributed by atoms with Gasteiger partial charge in [-0.3, -0.25) is 14.4 Å². The highest BCUT2D eigenvalue weighted by Crippen LogP contribution is 2.69. The second-order valence-electron chi connectivity index (χ2n) is 10.2. The lowest BCUT2D eigenvalue weighted by Crippen LogP contribution is -2.52. The van der Waals surface area contributed by atoms with Gasteiger partial charge >= 0.3 is 0 Å². The molecule has 1 saturated heterocycles. The average Bonchev–Trinajstić information content (AvgIpc) is 2.93. The first kappa shape index (κ1) is 21.5. The van der Waals surface area contributed by atoms with Crippen LogP contribution in [0.2, 0.25) is 0 Å². The zero-order valence-electron chi connectivity index (χ0n) is 18.3.